The van der Waals surface area contributed by atoms with Crippen molar-refractivity contribution in [1.29, 1.82) is 0 Å². The van der Waals surface area contributed by atoms with Gasteiger partial charge in [0.25, 0.3) is 0 Å². The summed E-state index contributed by atoms with van der Waals surface area (Å²) in [5.74, 6) is 0. The maximum atomic E-state index is 3.24. The Morgan fingerprint density at radius 3 is 1.31 bits per heavy atom. The maximum absolute atomic E-state index is 3.24. The topological polar surface area (TPSA) is 9.86 Å². The van der Waals surface area contributed by atoms with Gasteiger partial charge in [-0.3, -0.25) is 22.7 Å². The second-order valence-corrected chi connectivity index (χ2v) is 11.5. The summed E-state index contributed by atoms with van der Waals surface area (Å²) in [6, 6.07) is 24.6. The molecule has 0 unspecified atom stereocenters. The number of thiophene rings is 3. The molecule has 0 saturated carbocycles. The fourth-order valence-corrected chi connectivity index (χ4v) is 7.36. The Labute approximate surface area is 244 Å². The monoisotopic (exact) mass is 500 g/mol. The zero-order valence-corrected chi connectivity index (χ0v) is 23.0. The molecular formula is C28H26Li2N2S3. The van der Waals surface area contributed by atoms with E-state index in [0.717, 1.165) is 13.1 Å². The number of nitrogens with zero attached hydrogens (tertiary/aromatic N) is 2. The number of aromatic nitrogens is 2. The second-order valence-electron chi connectivity index (χ2n) is 8.62. The van der Waals surface area contributed by atoms with Crippen LogP contribution in [0.15, 0.2) is 59.3 Å². The number of rotatable bonds is 2. The van der Waals surface area contributed by atoms with Gasteiger partial charge in [-0.25, -0.2) is 24.3 Å². The normalized spacial score (nSPS) is 14.1. The number of hydrogen-bond acceptors (Lipinski definition) is 3. The molecule has 7 heteroatoms. The molecule has 0 spiro atoms. The van der Waals surface area contributed by atoms with Crippen LogP contribution in [0.5, 0.6) is 0 Å². The average Bonchev–Trinajstić information content (AvgIpc) is 3.64. The minimum atomic E-state index is 0. The molecule has 0 N–H and O–H groups in total. The van der Waals surface area contributed by atoms with Crippen molar-refractivity contribution in [3.05, 3.63) is 71.4 Å². The average molecular weight is 501 g/mol. The summed E-state index contributed by atoms with van der Waals surface area (Å²) in [5, 5.41) is 4.12. The predicted molar refractivity (Wildman–Crippen MR) is 143 cm³/mol. The quantitative estimate of drug-likeness (QED) is 0.261. The minimum Gasteiger partial charge on any atom is -0.356 e. The second kappa shape index (κ2) is 12.4. The van der Waals surface area contributed by atoms with Gasteiger partial charge < -0.3 is 9.13 Å². The van der Waals surface area contributed by atoms with Crippen LogP contribution in [0, 0.1) is 12.1 Å². The Bertz CT molecular complexity index is 1230. The van der Waals surface area contributed by atoms with Crippen LogP contribution in [-0.4, -0.2) is 9.13 Å². The first-order chi connectivity index (χ1) is 16.4. The Morgan fingerprint density at radius 1 is 0.514 bits per heavy atom. The molecule has 0 amide bonds. The fraction of sp³-hybridized carbons (Fsp3) is 0.286. The van der Waals surface area contributed by atoms with E-state index in [4.69, 9.17) is 0 Å². The fourth-order valence-electron chi connectivity index (χ4n) is 4.89. The van der Waals surface area contributed by atoms with Crippen LogP contribution in [0.4, 0.5) is 0 Å². The molecule has 0 atom stereocenters. The molecule has 0 aromatic carbocycles. The van der Waals surface area contributed by atoms with Crippen molar-refractivity contribution in [2.75, 3.05) is 0 Å². The third kappa shape index (κ3) is 5.58. The van der Waals surface area contributed by atoms with Crippen LogP contribution in [-0.2, 0) is 13.1 Å². The summed E-state index contributed by atoms with van der Waals surface area (Å²) >= 11 is 5.48. The van der Waals surface area contributed by atoms with Gasteiger partial charge in [-0.2, -0.15) is 0 Å². The first kappa shape index (κ1) is 26.9. The molecule has 1 aliphatic heterocycles. The molecule has 1 aliphatic rings. The van der Waals surface area contributed by atoms with E-state index in [1.807, 2.05) is 11.3 Å². The molecule has 2 nitrogen and oxygen atoms in total. The summed E-state index contributed by atoms with van der Waals surface area (Å²) in [4.78, 5) is 5.32. The first-order valence-corrected chi connectivity index (χ1v) is 14.4. The van der Waals surface area contributed by atoms with Crippen LogP contribution in [0.3, 0.4) is 0 Å². The van der Waals surface area contributed by atoms with E-state index in [-0.39, 0.29) is 37.7 Å². The van der Waals surface area contributed by atoms with E-state index in [1.54, 1.807) is 22.7 Å². The molecule has 0 fully saturated rings. The van der Waals surface area contributed by atoms with Gasteiger partial charge in [-0.05, 0) is 48.5 Å². The standard InChI is InChI=1S/C28H26N2S3.2Li/c1-2-4-6-18-30-22(26-10-8-20-32-26)12-14-24(30)28-16-15-27(33-28)23-13-11-21(25-9-7-19-31-25)29(23)17-5-3-1;;/h9-16,19-20H,1-6,17-18H2;;/q-2;2*+1. The van der Waals surface area contributed by atoms with Gasteiger partial charge in [0.05, 0.1) is 21.1 Å². The van der Waals surface area contributed by atoms with Crippen molar-refractivity contribution in [3.8, 4) is 42.3 Å². The van der Waals surface area contributed by atoms with Gasteiger partial charge >= 0.3 is 37.7 Å². The first-order valence-electron chi connectivity index (χ1n) is 11.8. The SMILES string of the molecule is [Li+].[Li+].[c-]1csc(-c2ccc3n2CCCCCCCCn2c(-c4c[c-]cs4)ccc2-c2ccc-3s2)c1. The van der Waals surface area contributed by atoms with Crippen LogP contribution >= 0.6 is 34.0 Å². The summed E-state index contributed by atoms with van der Waals surface area (Å²) in [6.07, 6.45) is 7.73. The molecule has 5 aromatic heterocycles. The van der Waals surface area contributed by atoms with E-state index in [2.05, 4.69) is 80.6 Å². The summed E-state index contributed by atoms with van der Waals surface area (Å²) in [6.45, 7) is 2.16. The number of hydrogen-bond donors (Lipinski definition) is 0. The molecule has 2 bridgehead atoms. The van der Waals surface area contributed by atoms with Crippen molar-refractivity contribution >= 4 is 34.0 Å². The Morgan fingerprint density at radius 2 is 0.914 bits per heavy atom. The van der Waals surface area contributed by atoms with Gasteiger partial charge in [0, 0.05) is 13.1 Å². The molecule has 168 valence electrons. The predicted octanol–water partition coefficient (Wildman–Crippen LogP) is 3.10. The largest absolute Gasteiger partial charge is 1.00 e. The summed E-state index contributed by atoms with van der Waals surface area (Å²) < 4.78 is 5.09. The van der Waals surface area contributed by atoms with Crippen LogP contribution in [0.2, 0.25) is 0 Å². The smallest absolute Gasteiger partial charge is 0.356 e. The zero-order valence-electron chi connectivity index (χ0n) is 20.5. The Kier molecular flexibility index (Phi) is 9.53. The van der Waals surface area contributed by atoms with E-state index in [1.165, 1.54) is 80.8 Å². The molecular weight excluding hydrogens is 474 g/mol. The van der Waals surface area contributed by atoms with E-state index < -0.39 is 0 Å². The molecule has 0 radical (unpaired) electrons. The van der Waals surface area contributed by atoms with Gasteiger partial charge in [0.2, 0.25) is 0 Å². The van der Waals surface area contributed by atoms with Gasteiger partial charge in [-0.1, -0.05) is 37.8 Å². The van der Waals surface area contributed by atoms with Crippen molar-refractivity contribution in [3.63, 3.8) is 0 Å². The molecule has 6 rings (SSSR count). The van der Waals surface area contributed by atoms with Crippen molar-refractivity contribution < 1.29 is 37.7 Å². The van der Waals surface area contributed by atoms with Gasteiger partial charge in [0.1, 0.15) is 0 Å². The van der Waals surface area contributed by atoms with Crippen LogP contribution in [0.1, 0.15) is 38.5 Å². The van der Waals surface area contributed by atoms with Crippen molar-refractivity contribution in [2.24, 2.45) is 0 Å². The third-order valence-electron chi connectivity index (χ3n) is 6.53. The van der Waals surface area contributed by atoms with Crippen LogP contribution < -0.4 is 37.7 Å². The molecule has 35 heavy (non-hydrogen) atoms. The third-order valence-corrected chi connectivity index (χ3v) is 9.33. The minimum absolute atomic E-state index is 0. The summed E-state index contributed by atoms with van der Waals surface area (Å²) in [7, 11) is 0. The molecule has 5 aromatic rings. The van der Waals surface area contributed by atoms with Gasteiger partial charge in [0.15, 0.2) is 0 Å². The van der Waals surface area contributed by atoms with Crippen molar-refractivity contribution in [2.45, 2.75) is 51.6 Å². The van der Waals surface area contributed by atoms with Gasteiger partial charge in [-0.15, -0.1) is 31.9 Å². The Hall–Kier alpha value is -1.15. The summed E-state index contributed by atoms with van der Waals surface area (Å²) in [5.41, 5.74) is 5.34. The van der Waals surface area contributed by atoms with E-state index in [0.29, 0.717) is 0 Å². The molecule has 0 aliphatic carbocycles. The maximum Gasteiger partial charge on any atom is 1.00 e. The van der Waals surface area contributed by atoms with E-state index in [9.17, 15) is 0 Å². The molecule has 6 heterocycles. The van der Waals surface area contributed by atoms with Crippen LogP contribution in [0.25, 0.3) is 42.3 Å². The Balaban J connectivity index is 0.00000144. The van der Waals surface area contributed by atoms with E-state index >= 15 is 0 Å². The molecule has 0 saturated heterocycles. The van der Waals surface area contributed by atoms with Crippen molar-refractivity contribution in [1.82, 2.24) is 9.13 Å². The zero-order chi connectivity index (χ0) is 22.0. The number of fused-ring (bicyclic) bond motifs is 6.